The van der Waals surface area contributed by atoms with Crippen LogP contribution in [0.3, 0.4) is 0 Å². The summed E-state index contributed by atoms with van der Waals surface area (Å²) in [6.45, 7) is 0.263. The molecule has 1 saturated heterocycles. The number of carbonyl (C=O) groups excluding carboxylic acids is 1. The van der Waals surface area contributed by atoms with Crippen molar-refractivity contribution >= 4 is 30.3 Å². The second-order valence-electron chi connectivity index (χ2n) is 1.75. The van der Waals surface area contributed by atoms with Crippen molar-refractivity contribution in [2.24, 2.45) is 0 Å². The summed E-state index contributed by atoms with van der Waals surface area (Å²) in [6, 6.07) is 0. The standard InChI is InChI=1S/C3H4NO2.CH2O2.Li/c5-3-4-1-2-6-3;2-1-3;/h1H,2H2,(H,4,5);1H,(H,2,3);. The van der Waals surface area contributed by atoms with E-state index >= 15 is 0 Å². The van der Waals surface area contributed by atoms with E-state index in [0.29, 0.717) is 6.61 Å². The van der Waals surface area contributed by atoms with Crippen LogP contribution in [0.25, 0.3) is 0 Å². The first-order valence-corrected chi connectivity index (χ1v) is 2.72. The van der Waals surface area contributed by atoms with Gasteiger partial charge in [-0.05, 0) is 0 Å². The molecule has 1 aliphatic heterocycles. The topological polar surface area (TPSA) is 75.6 Å². The zero-order chi connectivity index (χ0) is 7.98. The summed E-state index contributed by atoms with van der Waals surface area (Å²) in [5.74, 6) is 0. The van der Waals surface area contributed by atoms with E-state index in [9.17, 15) is 4.79 Å². The van der Waals surface area contributed by atoms with E-state index in [-0.39, 0.29) is 17.3 Å². The summed E-state index contributed by atoms with van der Waals surface area (Å²) in [7, 11) is 0. The second kappa shape index (κ2) is 5.15. The third kappa shape index (κ3) is 4.24. The first-order chi connectivity index (χ1) is 4.70. The van der Waals surface area contributed by atoms with Gasteiger partial charge in [-0.2, -0.15) is 0 Å². The first kappa shape index (κ1) is 9.34. The Balaban J connectivity index is 0.000000236. The molecule has 1 unspecified atom stereocenters. The van der Waals surface area contributed by atoms with E-state index < -0.39 is 0 Å². The van der Waals surface area contributed by atoms with Crippen LogP contribution in [0.1, 0.15) is 0 Å². The Kier molecular flexibility index (Phi) is 4.81. The van der Waals surface area contributed by atoms with E-state index in [0.717, 1.165) is 0 Å². The summed E-state index contributed by atoms with van der Waals surface area (Å²) in [5, 5.41) is 9.44. The predicted molar refractivity (Wildman–Crippen MR) is 32.7 cm³/mol. The quantitative estimate of drug-likeness (QED) is 0.330. The molecule has 2 N–H and O–H groups in total. The maximum absolute atomic E-state index is 10.1. The molecular formula is C4H6LiNO4. The Morgan fingerprint density at radius 2 is 2.40 bits per heavy atom. The van der Waals surface area contributed by atoms with Gasteiger partial charge in [-0.1, -0.05) is 0 Å². The van der Waals surface area contributed by atoms with Crippen molar-refractivity contribution in [2.45, 2.75) is 4.71 Å². The third-order valence-corrected chi connectivity index (χ3v) is 0.829. The van der Waals surface area contributed by atoms with Gasteiger partial charge in [0, 0.05) is 0 Å². The number of hydrogen-bond acceptors (Lipinski definition) is 3. The summed E-state index contributed by atoms with van der Waals surface area (Å²) in [4.78, 5) is 18.5. The molecule has 10 heavy (non-hydrogen) atoms. The molecule has 1 heterocycles. The van der Waals surface area contributed by atoms with E-state index in [4.69, 9.17) is 9.90 Å². The fourth-order valence-electron chi connectivity index (χ4n) is 0.485. The average Bonchev–Trinajstić information content (AvgIpc) is 2.17. The molecule has 52 valence electrons. The summed E-state index contributed by atoms with van der Waals surface area (Å²) < 4.78 is 4.72. The van der Waals surface area contributed by atoms with Crippen molar-refractivity contribution in [3.8, 4) is 0 Å². The summed E-state index contributed by atoms with van der Waals surface area (Å²) in [5.41, 5.74) is 0. The Morgan fingerprint density at radius 1 is 1.90 bits per heavy atom. The number of alkyl carbamates (subject to hydrolysis) is 1. The van der Waals surface area contributed by atoms with Gasteiger partial charge in [0.2, 0.25) is 0 Å². The molecular weight excluding hydrogens is 133 g/mol. The summed E-state index contributed by atoms with van der Waals surface area (Å²) in [6.07, 6.45) is -0.299. The van der Waals surface area contributed by atoms with Crippen molar-refractivity contribution in [1.29, 1.82) is 0 Å². The van der Waals surface area contributed by atoms with E-state index in [2.05, 4.69) is 10.1 Å². The molecule has 0 aromatic heterocycles. The van der Waals surface area contributed by atoms with Crippen LogP contribution in [0.4, 0.5) is 4.79 Å². The molecule has 0 saturated carbocycles. The number of cyclic esters (lactones) is 1. The molecule has 0 radical (unpaired) electrons. The monoisotopic (exact) mass is 139 g/mol. The summed E-state index contributed by atoms with van der Waals surface area (Å²) >= 11 is 1.89. The van der Waals surface area contributed by atoms with Crippen molar-refractivity contribution in [3.63, 3.8) is 0 Å². The molecule has 0 spiro atoms. The normalized spacial score (nSPS) is 21.8. The van der Waals surface area contributed by atoms with Gasteiger partial charge in [0.15, 0.2) is 0 Å². The van der Waals surface area contributed by atoms with Gasteiger partial charge in [0.1, 0.15) is 0 Å². The molecule has 5 nitrogen and oxygen atoms in total. The number of ether oxygens (including phenoxy) is 1. The molecule has 1 aliphatic rings. The van der Waals surface area contributed by atoms with Gasteiger partial charge < -0.3 is 5.11 Å². The van der Waals surface area contributed by atoms with Crippen molar-refractivity contribution in [1.82, 2.24) is 5.32 Å². The fraction of sp³-hybridized carbons (Fsp3) is 0.500. The number of carboxylic acid groups (broad SMARTS) is 1. The first-order valence-electron chi connectivity index (χ1n) is 2.72. The van der Waals surface area contributed by atoms with Crippen LogP contribution < -0.4 is 5.32 Å². The van der Waals surface area contributed by atoms with Crippen LogP contribution in [0.15, 0.2) is 0 Å². The number of hydrogen-bond donors (Lipinski definition) is 2. The molecule has 0 aromatic rings. The van der Waals surface area contributed by atoms with Crippen LogP contribution in [0.2, 0.25) is 0 Å². The number of nitrogens with one attached hydrogen (secondary N) is 1. The van der Waals surface area contributed by atoms with Crippen molar-refractivity contribution < 1.29 is 19.4 Å². The third-order valence-electron chi connectivity index (χ3n) is 0.829. The van der Waals surface area contributed by atoms with Crippen molar-refractivity contribution in [3.05, 3.63) is 0 Å². The molecule has 0 bridgehead atoms. The van der Waals surface area contributed by atoms with Crippen LogP contribution in [-0.4, -0.2) is 46.7 Å². The predicted octanol–water partition coefficient (Wildman–Crippen LogP) is -1.08. The molecule has 1 fully saturated rings. The number of carbonyl (C=O) groups is 2. The van der Waals surface area contributed by atoms with Gasteiger partial charge in [-0.3, -0.25) is 4.79 Å². The molecule has 6 heteroatoms. The van der Waals surface area contributed by atoms with Crippen molar-refractivity contribution in [2.75, 3.05) is 6.61 Å². The minimum absolute atomic E-state index is 0.201. The Labute approximate surface area is 66.9 Å². The molecule has 1 atom stereocenters. The molecule has 1 amide bonds. The van der Waals surface area contributed by atoms with Crippen LogP contribution in [0, 0.1) is 0 Å². The van der Waals surface area contributed by atoms with Crippen LogP contribution >= 0.6 is 0 Å². The van der Waals surface area contributed by atoms with Gasteiger partial charge in [0.05, 0.1) is 0 Å². The molecule has 1 rings (SSSR count). The van der Waals surface area contributed by atoms with Gasteiger partial charge in [-0.15, -0.1) is 0 Å². The Bertz CT molecular complexity index is 128. The SMILES string of the molecule is O=CO.[Li][CH]1COC(=O)N1. The Morgan fingerprint density at radius 3 is 2.50 bits per heavy atom. The van der Waals surface area contributed by atoms with Gasteiger partial charge in [0.25, 0.3) is 6.47 Å². The van der Waals surface area contributed by atoms with E-state index in [1.807, 2.05) is 17.7 Å². The second-order valence-corrected chi connectivity index (χ2v) is 1.75. The molecule has 0 aromatic carbocycles. The van der Waals surface area contributed by atoms with Crippen LogP contribution in [-0.2, 0) is 9.53 Å². The maximum atomic E-state index is 10.1. The van der Waals surface area contributed by atoms with E-state index in [1.165, 1.54) is 0 Å². The van der Waals surface area contributed by atoms with Gasteiger partial charge >= 0.3 is 50.0 Å². The van der Waals surface area contributed by atoms with Gasteiger partial charge in [-0.25, -0.2) is 0 Å². The van der Waals surface area contributed by atoms with Crippen LogP contribution in [0.5, 0.6) is 0 Å². The zero-order valence-corrected chi connectivity index (χ0v) is 5.53. The molecule has 0 aliphatic carbocycles. The number of amides is 1. The Hall–Kier alpha value is -0.663. The number of rotatable bonds is 0. The zero-order valence-electron chi connectivity index (χ0n) is 5.53. The average molecular weight is 139 g/mol. The fourth-order valence-corrected chi connectivity index (χ4v) is 0.485. The minimum atomic E-state index is -0.299. The van der Waals surface area contributed by atoms with E-state index in [1.54, 1.807) is 0 Å².